The van der Waals surface area contributed by atoms with Crippen molar-refractivity contribution >= 4 is 27.5 Å². The molecule has 0 aliphatic carbocycles. The van der Waals surface area contributed by atoms with Crippen LogP contribution in [0.1, 0.15) is 11.3 Å². The molecule has 1 amide bonds. The number of methoxy groups -OCH3 is 1. The van der Waals surface area contributed by atoms with Crippen LogP contribution in [0.5, 0.6) is 5.75 Å². The number of rotatable bonds is 4. The number of nitrogens with one attached hydrogen (secondary N) is 1. The highest BCUT2D eigenvalue weighted by molar-refractivity contribution is 9.10. The molecule has 5 nitrogen and oxygen atoms in total. The number of aromatic nitrogens is 2. The maximum absolute atomic E-state index is 12.1. The average molecular weight is 338 g/mol. The maximum atomic E-state index is 12.1. The van der Waals surface area contributed by atoms with Crippen molar-refractivity contribution in [1.29, 1.82) is 0 Å². The van der Waals surface area contributed by atoms with E-state index < -0.39 is 0 Å². The van der Waals surface area contributed by atoms with Crippen LogP contribution in [-0.2, 0) is 11.3 Å². The van der Waals surface area contributed by atoms with Gasteiger partial charge in [-0.05, 0) is 47.5 Å². The summed E-state index contributed by atoms with van der Waals surface area (Å²) in [7, 11) is 1.58. The molecule has 1 N–H and O–H groups in total. The number of carbonyl (C=O) groups excluding carboxylic acids is 1. The molecule has 0 radical (unpaired) electrons. The van der Waals surface area contributed by atoms with Gasteiger partial charge in [-0.25, -0.2) is 0 Å². The number of amides is 1. The number of carbonyl (C=O) groups is 1. The first-order valence-corrected chi connectivity index (χ1v) is 6.93. The summed E-state index contributed by atoms with van der Waals surface area (Å²) in [5.41, 5.74) is 2.64. The van der Waals surface area contributed by atoms with Crippen LogP contribution in [0.25, 0.3) is 0 Å². The lowest BCUT2D eigenvalue weighted by Gasteiger charge is -2.11. The fraction of sp³-hybridized carbons (Fsp3) is 0.286. The summed E-state index contributed by atoms with van der Waals surface area (Å²) >= 11 is 3.37. The van der Waals surface area contributed by atoms with Gasteiger partial charge in [0.15, 0.2) is 0 Å². The van der Waals surface area contributed by atoms with Crippen LogP contribution < -0.4 is 10.1 Å². The van der Waals surface area contributed by atoms with Gasteiger partial charge >= 0.3 is 0 Å². The minimum absolute atomic E-state index is 0.146. The van der Waals surface area contributed by atoms with Gasteiger partial charge in [0.05, 0.1) is 29.2 Å². The number of hydrogen-bond acceptors (Lipinski definition) is 3. The molecule has 0 saturated heterocycles. The van der Waals surface area contributed by atoms with Gasteiger partial charge in [0.2, 0.25) is 5.91 Å². The first-order chi connectivity index (χ1) is 9.51. The summed E-state index contributed by atoms with van der Waals surface area (Å²) in [6.45, 7) is 4.02. The lowest BCUT2D eigenvalue weighted by molar-refractivity contribution is -0.116. The summed E-state index contributed by atoms with van der Waals surface area (Å²) in [5, 5.41) is 6.98. The summed E-state index contributed by atoms with van der Waals surface area (Å²) in [6, 6.07) is 5.65. The number of hydrogen-bond donors (Lipinski definition) is 1. The summed E-state index contributed by atoms with van der Waals surface area (Å²) < 4.78 is 7.76. The number of benzene rings is 1. The van der Waals surface area contributed by atoms with E-state index in [-0.39, 0.29) is 12.5 Å². The zero-order chi connectivity index (χ0) is 14.7. The molecule has 1 aromatic carbocycles. The van der Waals surface area contributed by atoms with Gasteiger partial charge in [0.1, 0.15) is 12.3 Å². The molecule has 0 saturated carbocycles. The van der Waals surface area contributed by atoms with Crippen LogP contribution in [-0.4, -0.2) is 22.8 Å². The van der Waals surface area contributed by atoms with Crippen LogP contribution in [0.3, 0.4) is 0 Å². The van der Waals surface area contributed by atoms with E-state index in [2.05, 4.69) is 26.3 Å². The Bertz CT molecular complexity index is 637. The summed E-state index contributed by atoms with van der Waals surface area (Å²) in [5.74, 6) is 0.495. The Morgan fingerprint density at radius 3 is 2.80 bits per heavy atom. The smallest absolute Gasteiger partial charge is 0.246 e. The zero-order valence-corrected chi connectivity index (χ0v) is 13.2. The lowest BCUT2D eigenvalue weighted by Crippen LogP contribution is -2.20. The molecule has 0 aliphatic rings. The van der Waals surface area contributed by atoms with Crippen molar-refractivity contribution in [3.05, 3.63) is 40.1 Å². The van der Waals surface area contributed by atoms with Gasteiger partial charge in [-0.2, -0.15) is 5.10 Å². The molecule has 106 valence electrons. The van der Waals surface area contributed by atoms with Gasteiger partial charge < -0.3 is 10.1 Å². The number of halogens is 1. The van der Waals surface area contributed by atoms with E-state index in [1.807, 2.05) is 32.0 Å². The van der Waals surface area contributed by atoms with Crippen LogP contribution >= 0.6 is 15.9 Å². The largest absolute Gasteiger partial charge is 0.495 e. The van der Waals surface area contributed by atoms with E-state index in [9.17, 15) is 4.79 Å². The van der Waals surface area contributed by atoms with Crippen LogP contribution in [0, 0.1) is 13.8 Å². The van der Waals surface area contributed by atoms with Crippen molar-refractivity contribution in [3.8, 4) is 5.75 Å². The molecule has 2 rings (SSSR count). The van der Waals surface area contributed by atoms with Gasteiger partial charge in [-0.3, -0.25) is 9.48 Å². The molecular formula is C14H16BrN3O2. The Morgan fingerprint density at radius 2 is 2.20 bits per heavy atom. The van der Waals surface area contributed by atoms with Crippen LogP contribution in [0.2, 0.25) is 0 Å². The van der Waals surface area contributed by atoms with Crippen LogP contribution in [0.4, 0.5) is 5.69 Å². The molecule has 2 aromatic rings. The van der Waals surface area contributed by atoms with Crippen molar-refractivity contribution in [2.24, 2.45) is 0 Å². The second kappa shape index (κ2) is 6.09. The van der Waals surface area contributed by atoms with Crippen molar-refractivity contribution in [2.75, 3.05) is 12.4 Å². The number of anilines is 1. The third-order valence-corrected chi connectivity index (χ3v) is 3.74. The van der Waals surface area contributed by atoms with Crippen molar-refractivity contribution in [1.82, 2.24) is 9.78 Å². The first kappa shape index (κ1) is 14.6. The highest BCUT2D eigenvalue weighted by atomic mass is 79.9. The molecule has 0 aliphatic heterocycles. The topological polar surface area (TPSA) is 56.1 Å². The van der Waals surface area contributed by atoms with E-state index in [0.29, 0.717) is 11.4 Å². The number of aryl methyl sites for hydroxylation is 1. The number of ether oxygens (including phenoxy) is 1. The Balaban J connectivity index is 2.12. The second-order valence-corrected chi connectivity index (χ2v) is 5.34. The maximum Gasteiger partial charge on any atom is 0.246 e. The molecule has 0 bridgehead atoms. The zero-order valence-electron chi connectivity index (χ0n) is 11.6. The molecule has 0 spiro atoms. The normalized spacial score (nSPS) is 10.4. The lowest BCUT2D eigenvalue weighted by atomic mass is 10.2. The summed E-state index contributed by atoms with van der Waals surface area (Å²) in [6.07, 6.45) is 1.68. The predicted molar refractivity (Wildman–Crippen MR) is 81.0 cm³/mol. The molecule has 1 heterocycles. The van der Waals surface area contributed by atoms with E-state index in [4.69, 9.17) is 4.74 Å². The molecule has 0 unspecified atom stereocenters. The van der Waals surface area contributed by atoms with Crippen LogP contribution in [0.15, 0.2) is 28.9 Å². The van der Waals surface area contributed by atoms with E-state index >= 15 is 0 Å². The Kier molecular flexibility index (Phi) is 4.44. The van der Waals surface area contributed by atoms with Gasteiger partial charge in [0, 0.05) is 0 Å². The van der Waals surface area contributed by atoms with E-state index in [0.717, 1.165) is 15.7 Å². The minimum atomic E-state index is -0.146. The molecule has 1 aromatic heterocycles. The van der Waals surface area contributed by atoms with Crippen molar-refractivity contribution < 1.29 is 9.53 Å². The SMILES string of the molecule is COc1ccc(C)cc1NC(=O)Cn1ncc(Br)c1C. The van der Waals surface area contributed by atoms with Crippen molar-refractivity contribution in [3.63, 3.8) is 0 Å². The van der Waals surface area contributed by atoms with Gasteiger partial charge in [0.25, 0.3) is 0 Å². The van der Waals surface area contributed by atoms with Gasteiger partial charge in [-0.15, -0.1) is 0 Å². The highest BCUT2D eigenvalue weighted by Crippen LogP contribution is 2.25. The molecular weight excluding hydrogens is 322 g/mol. The van der Waals surface area contributed by atoms with Crippen molar-refractivity contribution in [2.45, 2.75) is 20.4 Å². The van der Waals surface area contributed by atoms with E-state index in [1.54, 1.807) is 18.0 Å². The fourth-order valence-corrected chi connectivity index (χ4v) is 2.12. The quantitative estimate of drug-likeness (QED) is 0.933. The molecule has 6 heteroatoms. The van der Waals surface area contributed by atoms with Gasteiger partial charge in [-0.1, -0.05) is 6.07 Å². The Morgan fingerprint density at radius 1 is 1.45 bits per heavy atom. The molecule has 0 fully saturated rings. The highest BCUT2D eigenvalue weighted by Gasteiger charge is 2.11. The average Bonchev–Trinajstić information content (AvgIpc) is 2.71. The third kappa shape index (κ3) is 3.19. The minimum Gasteiger partial charge on any atom is -0.495 e. The Labute approximate surface area is 126 Å². The molecule has 20 heavy (non-hydrogen) atoms. The van der Waals surface area contributed by atoms with E-state index in [1.165, 1.54) is 0 Å². The summed E-state index contributed by atoms with van der Waals surface area (Å²) in [4.78, 5) is 12.1. The Hall–Kier alpha value is -1.82. The second-order valence-electron chi connectivity index (χ2n) is 4.49. The monoisotopic (exact) mass is 337 g/mol. The predicted octanol–water partition coefficient (Wildman–Crippen LogP) is 2.91. The number of nitrogens with zero attached hydrogens (tertiary/aromatic N) is 2. The third-order valence-electron chi connectivity index (χ3n) is 2.97. The standard InChI is InChI=1S/C14H16BrN3O2/c1-9-4-5-13(20-3)12(6-9)17-14(19)8-18-10(2)11(15)7-16-18/h4-7H,8H2,1-3H3,(H,17,19). The first-order valence-electron chi connectivity index (χ1n) is 6.13. The molecule has 0 atom stereocenters. The fourth-order valence-electron chi connectivity index (χ4n) is 1.83.